The van der Waals surface area contributed by atoms with Gasteiger partial charge < -0.3 is 4.90 Å². The maximum absolute atomic E-state index is 2.84. The highest BCUT2D eigenvalue weighted by Crippen LogP contribution is 2.19. The van der Waals surface area contributed by atoms with Gasteiger partial charge >= 0.3 is 0 Å². The van der Waals surface area contributed by atoms with Gasteiger partial charge in [-0.05, 0) is 50.1 Å². The predicted molar refractivity (Wildman–Crippen MR) is 126 cm³/mol. The monoisotopic (exact) mass is 381 g/mol. The molecular weight excluding hydrogens is 326 g/mol. The lowest BCUT2D eigenvalue weighted by Gasteiger charge is -2.28. The maximum atomic E-state index is 2.84. The first kappa shape index (κ1) is 27.0. The molecule has 164 valence electrons. The summed E-state index contributed by atoms with van der Waals surface area (Å²) in [5.74, 6) is 2.68. The normalized spacial score (nSPS) is 14.2. The summed E-state index contributed by atoms with van der Waals surface area (Å²) < 4.78 is 0. The molecule has 0 aromatic heterocycles. The standard InChI is InChI=1S/C26H55N/c1-7-10-12-13-14-15-21-27(23-26(9-3)19-11-8-2)22-20-25(6)18-16-17-24(4)5/h24-26H,7-23H2,1-6H3. The maximum Gasteiger partial charge on any atom is 0.000956 e. The van der Waals surface area contributed by atoms with Crippen molar-refractivity contribution in [2.45, 2.75) is 131 Å². The molecule has 0 aliphatic heterocycles. The Kier molecular flexibility index (Phi) is 19.3. The van der Waals surface area contributed by atoms with E-state index in [-0.39, 0.29) is 0 Å². The van der Waals surface area contributed by atoms with Gasteiger partial charge in [-0.2, -0.15) is 0 Å². The molecule has 0 aromatic carbocycles. The second-order valence-corrected chi connectivity index (χ2v) is 9.70. The lowest BCUT2D eigenvalue weighted by Crippen LogP contribution is -2.32. The second-order valence-electron chi connectivity index (χ2n) is 9.70. The van der Waals surface area contributed by atoms with Crippen molar-refractivity contribution in [1.29, 1.82) is 0 Å². The zero-order valence-corrected chi connectivity index (χ0v) is 20.2. The average Bonchev–Trinajstić information content (AvgIpc) is 2.64. The molecule has 0 fully saturated rings. The van der Waals surface area contributed by atoms with E-state index in [1.807, 2.05) is 0 Å². The summed E-state index contributed by atoms with van der Waals surface area (Å²) in [4.78, 5) is 2.84. The summed E-state index contributed by atoms with van der Waals surface area (Å²) in [5.41, 5.74) is 0. The van der Waals surface area contributed by atoms with E-state index in [1.54, 1.807) is 0 Å². The summed E-state index contributed by atoms with van der Waals surface area (Å²) in [6, 6.07) is 0. The number of hydrogen-bond donors (Lipinski definition) is 0. The van der Waals surface area contributed by atoms with Crippen LogP contribution in [0.5, 0.6) is 0 Å². The Morgan fingerprint density at radius 2 is 1.26 bits per heavy atom. The minimum Gasteiger partial charge on any atom is -0.303 e. The van der Waals surface area contributed by atoms with Crippen LogP contribution in [0, 0.1) is 17.8 Å². The molecule has 0 heterocycles. The third-order valence-electron chi connectivity index (χ3n) is 6.30. The van der Waals surface area contributed by atoms with Crippen LogP contribution < -0.4 is 0 Å². The van der Waals surface area contributed by atoms with Gasteiger partial charge in [-0.1, -0.05) is 112 Å². The zero-order valence-electron chi connectivity index (χ0n) is 20.2. The number of hydrogen-bond acceptors (Lipinski definition) is 1. The molecule has 1 heteroatoms. The van der Waals surface area contributed by atoms with Gasteiger partial charge in [0, 0.05) is 6.54 Å². The summed E-state index contributed by atoms with van der Waals surface area (Å²) in [5, 5.41) is 0. The molecule has 0 saturated carbocycles. The van der Waals surface area contributed by atoms with Crippen molar-refractivity contribution in [2.75, 3.05) is 19.6 Å². The first-order valence-corrected chi connectivity index (χ1v) is 12.8. The Hall–Kier alpha value is -0.0400. The van der Waals surface area contributed by atoms with Crippen LogP contribution in [-0.2, 0) is 0 Å². The summed E-state index contributed by atoms with van der Waals surface area (Å²) in [6.45, 7) is 18.3. The molecule has 2 unspecified atom stereocenters. The van der Waals surface area contributed by atoms with Crippen molar-refractivity contribution in [2.24, 2.45) is 17.8 Å². The van der Waals surface area contributed by atoms with Gasteiger partial charge in [0.1, 0.15) is 0 Å². The lowest BCUT2D eigenvalue weighted by atomic mass is 9.96. The molecule has 0 aromatic rings. The van der Waals surface area contributed by atoms with Crippen molar-refractivity contribution >= 4 is 0 Å². The average molecular weight is 382 g/mol. The van der Waals surface area contributed by atoms with Gasteiger partial charge in [0.05, 0.1) is 0 Å². The topological polar surface area (TPSA) is 3.24 Å². The molecule has 0 saturated heterocycles. The Labute approximate surface area is 174 Å². The fourth-order valence-electron chi connectivity index (χ4n) is 4.11. The molecule has 0 aliphatic rings. The van der Waals surface area contributed by atoms with E-state index in [0.29, 0.717) is 0 Å². The Bertz CT molecular complexity index is 286. The van der Waals surface area contributed by atoms with Crippen LogP contribution in [0.4, 0.5) is 0 Å². The summed E-state index contributed by atoms with van der Waals surface area (Å²) >= 11 is 0. The molecule has 0 N–H and O–H groups in total. The van der Waals surface area contributed by atoms with Crippen LogP contribution in [0.3, 0.4) is 0 Å². The van der Waals surface area contributed by atoms with Gasteiger partial charge in [-0.25, -0.2) is 0 Å². The fraction of sp³-hybridized carbons (Fsp3) is 1.00. The third kappa shape index (κ3) is 17.8. The first-order valence-electron chi connectivity index (χ1n) is 12.8. The second kappa shape index (κ2) is 19.3. The highest BCUT2D eigenvalue weighted by atomic mass is 15.1. The minimum atomic E-state index is 0.866. The highest BCUT2D eigenvalue weighted by molar-refractivity contribution is 4.68. The van der Waals surface area contributed by atoms with E-state index in [9.17, 15) is 0 Å². The largest absolute Gasteiger partial charge is 0.303 e. The molecule has 2 atom stereocenters. The Morgan fingerprint density at radius 3 is 1.89 bits per heavy atom. The van der Waals surface area contributed by atoms with Gasteiger partial charge in [0.25, 0.3) is 0 Å². The number of nitrogens with zero attached hydrogens (tertiary/aromatic N) is 1. The van der Waals surface area contributed by atoms with E-state index >= 15 is 0 Å². The molecule has 27 heavy (non-hydrogen) atoms. The molecule has 0 aliphatic carbocycles. The van der Waals surface area contributed by atoms with Crippen LogP contribution in [0.1, 0.15) is 131 Å². The number of unbranched alkanes of at least 4 members (excludes halogenated alkanes) is 6. The van der Waals surface area contributed by atoms with Crippen molar-refractivity contribution in [3.05, 3.63) is 0 Å². The molecule has 0 spiro atoms. The predicted octanol–water partition coefficient (Wildman–Crippen LogP) is 8.72. The fourth-order valence-corrected chi connectivity index (χ4v) is 4.11. The van der Waals surface area contributed by atoms with Crippen LogP contribution >= 0.6 is 0 Å². The van der Waals surface area contributed by atoms with E-state index in [0.717, 1.165) is 17.8 Å². The van der Waals surface area contributed by atoms with Gasteiger partial charge in [0.15, 0.2) is 0 Å². The van der Waals surface area contributed by atoms with Crippen LogP contribution in [0.15, 0.2) is 0 Å². The van der Waals surface area contributed by atoms with Crippen molar-refractivity contribution in [1.82, 2.24) is 4.90 Å². The summed E-state index contributed by atoms with van der Waals surface area (Å²) in [6.07, 6.45) is 19.7. The SMILES string of the molecule is CCCCCCCCN(CCC(C)CCCC(C)C)CC(CC)CCCC. The van der Waals surface area contributed by atoms with Crippen molar-refractivity contribution in [3.8, 4) is 0 Å². The summed E-state index contributed by atoms with van der Waals surface area (Å²) in [7, 11) is 0. The third-order valence-corrected chi connectivity index (χ3v) is 6.30. The molecule has 1 nitrogen and oxygen atoms in total. The molecular formula is C26H55N. The molecule has 0 bridgehead atoms. The number of rotatable bonds is 20. The molecule has 0 radical (unpaired) electrons. The van der Waals surface area contributed by atoms with Crippen molar-refractivity contribution in [3.63, 3.8) is 0 Å². The molecule has 0 rings (SSSR count). The van der Waals surface area contributed by atoms with Crippen LogP contribution in [-0.4, -0.2) is 24.5 Å². The minimum absolute atomic E-state index is 0.866. The van der Waals surface area contributed by atoms with Gasteiger partial charge in [-0.3, -0.25) is 0 Å². The smallest absolute Gasteiger partial charge is 0.000956 e. The van der Waals surface area contributed by atoms with Crippen LogP contribution in [0.25, 0.3) is 0 Å². The Balaban J connectivity index is 4.27. The van der Waals surface area contributed by atoms with E-state index in [1.165, 1.54) is 110 Å². The van der Waals surface area contributed by atoms with E-state index in [2.05, 4.69) is 46.4 Å². The van der Waals surface area contributed by atoms with Gasteiger partial charge in [-0.15, -0.1) is 0 Å². The lowest BCUT2D eigenvalue weighted by molar-refractivity contribution is 0.200. The van der Waals surface area contributed by atoms with Gasteiger partial charge in [0.2, 0.25) is 0 Å². The Morgan fingerprint density at radius 1 is 0.593 bits per heavy atom. The highest BCUT2D eigenvalue weighted by Gasteiger charge is 2.14. The first-order chi connectivity index (χ1) is 13.0. The van der Waals surface area contributed by atoms with E-state index < -0.39 is 0 Å². The van der Waals surface area contributed by atoms with E-state index in [4.69, 9.17) is 0 Å². The molecule has 0 amide bonds. The quantitative estimate of drug-likeness (QED) is 0.190. The zero-order chi connectivity index (χ0) is 20.3. The van der Waals surface area contributed by atoms with Crippen LogP contribution in [0.2, 0.25) is 0 Å². The van der Waals surface area contributed by atoms with Crippen molar-refractivity contribution < 1.29 is 0 Å².